The first-order valence-electron chi connectivity index (χ1n) is 7.78. The zero-order chi connectivity index (χ0) is 14.9. The van der Waals surface area contributed by atoms with Crippen molar-refractivity contribution >= 4 is 0 Å². The van der Waals surface area contributed by atoms with Crippen LogP contribution in [0.5, 0.6) is 0 Å². The van der Waals surface area contributed by atoms with Crippen LogP contribution >= 0.6 is 0 Å². The van der Waals surface area contributed by atoms with Gasteiger partial charge in [-0.1, -0.05) is 20.8 Å². The largest absolute Gasteiger partial charge is 0.330 e. The molecule has 1 saturated heterocycles. The van der Waals surface area contributed by atoms with E-state index in [2.05, 4.69) is 43.9 Å². The van der Waals surface area contributed by atoms with E-state index in [1.807, 2.05) is 11.7 Å². The number of nitrogens with zero attached hydrogens (tertiary/aromatic N) is 3. The van der Waals surface area contributed by atoms with Gasteiger partial charge in [0.05, 0.1) is 5.69 Å². The normalized spacial score (nSPS) is 25.1. The quantitative estimate of drug-likeness (QED) is 0.922. The summed E-state index contributed by atoms with van der Waals surface area (Å²) in [6, 6.07) is 0.644. The SMILES string of the molecule is CC1CCC(CN)CN1Cc1cn(C)nc1C(C)(C)C. The Morgan fingerprint density at radius 3 is 2.65 bits per heavy atom. The van der Waals surface area contributed by atoms with Crippen molar-refractivity contribution in [3.8, 4) is 0 Å². The minimum absolute atomic E-state index is 0.100. The molecule has 2 rings (SSSR count). The van der Waals surface area contributed by atoms with Crippen molar-refractivity contribution < 1.29 is 0 Å². The number of aryl methyl sites for hydroxylation is 1. The second-order valence-corrected chi connectivity index (χ2v) is 7.38. The number of hydrogen-bond donors (Lipinski definition) is 1. The Bertz CT molecular complexity index is 444. The average Bonchev–Trinajstić information content (AvgIpc) is 2.73. The maximum absolute atomic E-state index is 5.86. The molecule has 20 heavy (non-hydrogen) atoms. The summed E-state index contributed by atoms with van der Waals surface area (Å²) >= 11 is 0. The maximum Gasteiger partial charge on any atom is 0.0722 e. The van der Waals surface area contributed by atoms with Crippen LogP contribution in [0.25, 0.3) is 0 Å². The Hall–Kier alpha value is -0.870. The monoisotopic (exact) mass is 278 g/mol. The van der Waals surface area contributed by atoms with Crippen molar-refractivity contribution in [3.05, 3.63) is 17.5 Å². The molecule has 114 valence electrons. The first-order chi connectivity index (χ1) is 9.31. The summed E-state index contributed by atoms with van der Waals surface area (Å²) in [5.74, 6) is 0.654. The van der Waals surface area contributed by atoms with E-state index in [1.165, 1.54) is 24.1 Å². The van der Waals surface area contributed by atoms with Gasteiger partial charge in [-0.3, -0.25) is 9.58 Å². The van der Waals surface area contributed by atoms with Crippen molar-refractivity contribution in [2.45, 2.75) is 58.5 Å². The number of rotatable bonds is 3. The van der Waals surface area contributed by atoms with Crippen LogP contribution in [0, 0.1) is 5.92 Å². The summed E-state index contributed by atoms with van der Waals surface area (Å²) in [6.07, 6.45) is 4.71. The molecule has 1 fully saturated rings. The van der Waals surface area contributed by atoms with Gasteiger partial charge in [-0.25, -0.2) is 0 Å². The van der Waals surface area contributed by atoms with Gasteiger partial charge in [0.2, 0.25) is 0 Å². The molecule has 1 aliphatic rings. The van der Waals surface area contributed by atoms with Gasteiger partial charge in [0.15, 0.2) is 0 Å². The first kappa shape index (κ1) is 15.5. The van der Waals surface area contributed by atoms with Crippen molar-refractivity contribution in [2.24, 2.45) is 18.7 Å². The third-order valence-electron chi connectivity index (χ3n) is 4.43. The zero-order valence-corrected chi connectivity index (χ0v) is 13.7. The highest BCUT2D eigenvalue weighted by Crippen LogP contribution is 2.28. The third kappa shape index (κ3) is 3.41. The predicted molar refractivity (Wildman–Crippen MR) is 83.6 cm³/mol. The topological polar surface area (TPSA) is 47.1 Å². The molecule has 1 aromatic heterocycles. The van der Waals surface area contributed by atoms with Crippen LogP contribution in [0.2, 0.25) is 0 Å². The van der Waals surface area contributed by atoms with Crippen LogP contribution in [-0.2, 0) is 19.0 Å². The van der Waals surface area contributed by atoms with Gasteiger partial charge in [-0.2, -0.15) is 5.10 Å². The smallest absolute Gasteiger partial charge is 0.0722 e. The van der Waals surface area contributed by atoms with Crippen molar-refractivity contribution in [2.75, 3.05) is 13.1 Å². The molecule has 0 saturated carbocycles. The molecule has 0 aromatic carbocycles. The van der Waals surface area contributed by atoms with E-state index >= 15 is 0 Å². The Morgan fingerprint density at radius 1 is 1.35 bits per heavy atom. The molecule has 0 aliphatic carbocycles. The summed E-state index contributed by atoms with van der Waals surface area (Å²) in [4.78, 5) is 2.58. The Kier molecular flexibility index (Phi) is 4.55. The minimum Gasteiger partial charge on any atom is -0.330 e. The molecular weight excluding hydrogens is 248 g/mol. The van der Waals surface area contributed by atoms with E-state index in [0.717, 1.165) is 19.6 Å². The summed E-state index contributed by atoms with van der Waals surface area (Å²) in [6.45, 7) is 12.0. The van der Waals surface area contributed by atoms with Crippen LogP contribution in [0.15, 0.2) is 6.20 Å². The average molecular weight is 278 g/mol. The lowest BCUT2D eigenvalue weighted by molar-refractivity contribution is 0.113. The van der Waals surface area contributed by atoms with E-state index in [1.54, 1.807) is 0 Å². The van der Waals surface area contributed by atoms with E-state index in [9.17, 15) is 0 Å². The summed E-state index contributed by atoms with van der Waals surface area (Å²) in [5.41, 5.74) is 8.55. The predicted octanol–water partition coefficient (Wildman–Crippen LogP) is 2.28. The first-order valence-corrected chi connectivity index (χ1v) is 7.78. The van der Waals surface area contributed by atoms with Gasteiger partial charge in [0.25, 0.3) is 0 Å². The van der Waals surface area contributed by atoms with Gasteiger partial charge >= 0.3 is 0 Å². The highest BCUT2D eigenvalue weighted by atomic mass is 15.3. The summed E-state index contributed by atoms with van der Waals surface area (Å²) in [5, 5.41) is 4.68. The lowest BCUT2D eigenvalue weighted by Gasteiger charge is -2.38. The summed E-state index contributed by atoms with van der Waals surface area (Å²) in [7, 11) is 2.01. The standard InChI is InChI=1S/C16H30N4/c1-12-6-7-13(8-17)9-20(12)11-14-10-19(5)18-15(14)16(2,3)4/h10,12-13H,6-9,11,17H2,1-5H3. The van der Waals surface area contributed by atoms with Crippen LogP contribution in [0.3, 0.4) is 0 Å². The molecule has 1 aliphatic heterocycles. The van der Waals surface area contributed by atoms with Gasteiger partial charge in [0, 0.05) is 43.4 Å². The van der Waals surface area contributed by atoms with Gasteiger partial charge < -0.3 is 5.73 Å². The van der Waals surface area contributed by atoms with E-state index in [-0.39, 0.29) is 5.41 Å². The van der Waals surface area contributed by atoms with Crippen molar-refractivity contribution in [1.29, 1.82) is 0 Å². The molecule has 4 nitrogen and oxygen atoms in total. The Labute approximate surface area is 123 Å². The minimum atomic E-state index is 0.100. The van der Waals surface area contributed by atoms with E-state index < -0.39 is 0 Å². The molecule has 4 heteroatoms. The Balaban J connectivity index is 2.16. The molecule has 0 amide bonds. The number of nitrogens with two attached hydrogens (primary N) is 1. The molecule has 2 unspecified atom stereocenters. The molecule has 0 spiro atoms. The molecular formula is C16H30N4. The number of likely N-dealkylation sites (tertiary alicyclic amines) is 1. The van der Waals surface area contributed by atoms with Crippen LogP contribution in [-0.4, -0.2) is 33.8 Å². The third-order valence-corrected chi connectivity index (χ3v) is 4.43. The molecule has 1 aromatic rings. The van der Waals surface area contributed by atoms with Crippen LogP contribution in [0.4, 0.5) is 0 Å². The molecule has 2 N–H and O–H groups in total. The van der Waals surface area contributed by atoms with E-state index in [0.29, 0.717) is 12.0 Å². The van der Waals surface area contributed by atoms with Crippen molar-refractivity contribution in [1.82, 2.24) is 14.7 Å². The second kappa shape index (κ2) is 5.86. The lowest BCUT2D eigenvalue weighted by atomic mass is 9.88. The number of hydrogen-bond acceptors (Lipinski definition) is 3. The fourth-order valence-electron chi connectivity index (χ4n) is 3.18. The fourth-order valence-corrected chi connectivity index (χ4v) is 3.18. The lowest BCUT2D eigenvalue weighted by Crippen LogP contribution is -2.43. The van der Waals surface area contributed by atoms with Crippen molar-refractivity contribution in [3.63, 3.8) is 0 Å². The molecule has 2 atom stereocenters. The van der Waals surface area contributed by atoms with Gasteiger partial charge in [-0.05, 0) is 32.2 Å². The van der Waals surface area contributed by atoms with E-state index in [4.69, 9.17) is 5.73 Å². The van der Waals surface area contributed by atoms with Crippen LogP contribution < -0.4 is 5.73 Å². The van der Waals surface area contributed by atoms with Gasteiger partial charge in [0.1, 0.15) is 0 Å². The second-order valence-electron chi connectivity index (χ2n) is 7.38. The Morgan fingerprint density at radius 2 is 2.05 bits per heavy atom. The molecule has 0 bridgehead atoms. The highest BCUT2D eigenvalue weighted by molar-refractivity contribution is 5.24. The molecule has 2 heterocycles. The summed E-state index contributed by atoms with van der Waals surface area (Å²) < 4.78 is 1.95. The highest BCUT2D eigenvalue weighted by Gasteiger charge is 2.28. The number of aromatic nitrogens is 2. The number of piperidine rings is 1. The maximum atomic E-state index is 5.86. The zero-order valence-electron chi connectivity index (χ0n) is 13.7. The fraction of sp³-hybridized carbons (Fsp3) is 0.812. The van der Waals surface area contributed by atoms with Gasteiger partial charge in [-0.15, -0.1) is 0 Å². The molecule has 0 radical (unpaired) electrons. The van der Waals surface area contributed by atoms with Crippen LogP contribution in [0.1, 0.15) is 51.8 Å².